The second kappa shape index (κ2) is 3.24. The van der Waals surface area contributed by atoms with Gasteiger partial charge in [0.2, 0.25) is 0 Å². The minimum absolute atomic E-state index is 0.0931. The topological polar surface area (TPSA) is 27.8 Å². The number of aromatic amines is 1. The molecule has 0 unspecified atom stereocenters. The van der Waals surface area contributed by atoms with Gasteiger partial charge in [0, 0.05) is 11.8 Å². The van der Waals surface area contributed by atoms with E-state index >= 15 is 0 Å². The van der Waals surface area contributed by atoms with Crippen molar-refractivity contribution in [3.05, 3.63) is 23.2 Å². The maximum atomic E-state index is 12.9. The van der Waals surface area contributed by atoms with Crippen LogP contribution in [0.2, 0.25) is 0 Å². The summed E-state index contributed by atoms with van der Waals surface area (Å²) in [6.07, 6.45) is 5.65. The fourth-order valence-corrected chi connectivity index (χ4v) is 1.64. The average Bonchev–Trinajstić information content (AvgIpc) is 2.49. The summed E-state index contributed by atoms with van der Waals surface area (Å²) in [7, 11) is 0. The third kappa shape index (κ3) is 1.46. The molecule has 0 saturated heterocycles. The number of aromatic nitrogens is 1. The maximum Gasteiger partial charge on any atom is 0.120 e. The Kier molecular flexibility index (Phi) is 2.08. The van der Waals surface area contributed by atoms with Crippen LogP contribution in [0.1, 0.15) is 24.5 Å². The van der Waals surface area contributed by atoms with Crippen LogP contribution in [0.25, 0.3) is 6.08 Å². The van der Waals surface area contributed by atoms with Gasteiger partial charge >= 0.3 is 0 Å². The van der Waals surface area contributed by atoms with E-state index in [-0.39, 0.29) is 5.83 Å². The molecule has 0 fully saturated rings. The zero-order valence-corrected chi connectivity index (χ0v) is 7.65. The van der Waals surface area contributed by atoms with E-state index in [1.54, 1.807) is 6.08 Å². The third-order valence-electron chi connectivity index (χ3n) is 2.26. The lowest BCUT2D eigenvalue weighted by Crippen LogP contribution is -2.07. The molecule has 2 N–H and O–H groups in total. The number of rotatable bonds is 2. The number of H-pyrrole nitrogens is 1. The average molecular weight is 180 g/mol. The van der Waals surface area contributed by atoms with Crippen molar-refractivity contribution in [3.63, 3.8) is 0 Å². The van der Waals surface area contributed by atoms with E-state index in [2.05, 4.69) is 17.2 Å². The smallest absolute Gasteiger partial charge is 0.120 e. The molecule has 2 nitrogen and oxygen atoms in total. The molecular weight excluding hydrogens is 167 g/mol. The molecule has 2 heterocycles. The van der Waals surface area contributed by atoms with Crippen LogP contribution in [0.3, 0.4) is 0 Å². The number of nitrogens with one attached hydrogen (secondary N) is 2. The van der Waals surface area contributed by atoms with E-state index in [1.807, 2.05) is 6.20 Å². The van der Waals surface area contributed by atoms with E-state index < -0.39 is 0 Å². The summed E-state index contributed by atoms with van der Waals surface area (Å²) >= 11 is 0. The molecule has 3 heteroatoms. The Balaban J connectivity index is 2.37. The highest BCUT2D eigenvalue weighted by Crippen LogP contribution is 2.27. The second-order valence-electron chi connectivity index (χ2n) is 3.30. The van der Waals surface area contributed by atoms with Gasteiger partial charge in [-0.3, -0.25) is 0 Å². The Morgan fingerprint density at radius 2 is 2.38 bits per heavy atom. The summed E-state index contributed by atoms with van der Waals surface area (Å²) < 4.78 is 12.9. The van der Waals surface area contributed by atoms with Crippen LogP contribution in [0, 0.1) is 0 Å². The predicted molar refractivity (Wildman–Crippen MR) is 52.4 cm³/mol. The third-order valence-corrected chi connectivity index (χ3v) is 2.26. The van der Waals surface area contributed by atoms with Gasteiger partial charge in [-0.05, 0) is 18.1 Å². The number of hydrogen-bond acceptors (Lipinski definition) is 1. The summed E-state index contributed by atoms with van der Waals surface area (Å²) in [5.74, 6) is 0.856. The van der Waals surface area contributed by atoms with Crippen LogP contribution in [-0.2, 0) is 6.42 Å². The lowest BCUT2D eigenvalue weighted by atomic mass is 10.1. The molecule has 0 atom stereocenters. The van der Waals surface area contributed by atoms with Crippen LogP contribution in [0.5, 0.6) is 0 Å². The lowest BCUT2D eigenvalue weighted by molar-refractivity contribution is 0.631. The summed E-state index contributed by atoms with van der Waals surface area (Å²) in [6.45, 7) is 2.43. The largest absolute Gasteiger partial charge is 0.365 e. The number of anilines is 1. The van der Waals surface area contributed by atoms with Crippen LogP contribution in [0.4, 0.5) is 10.2 Å². The highest BCUT2D eigenvalue weighted by atomic mass is 19.1. The molecule has 70 valence electrons. The minimum atomic E-state index is -0.0931. The first-order valence-electron chi connectivity index (χ1n) is 4.61. The predicted octanol–water partition coefficient (Wildman–Crippen LogP) is 2.70. The van der Waals surface area contributed by atoms with Crippen molar-refractivity contribution in [1.82, 2.24) is 4.98 Å². The highest BCUT2D eigenvalue weighted by Gasteiger charge is 2.13. The number of hydrogen-bond donors (Lipinski definition) is 2. The van der Waals surface area contributed by atoms with E-state index in [1.165, 1.54) is 5.56 Å². The highest BCUT2D eigenvalue weighted by molar-refractivity contribution is 5.71. The van der Waals surface area contributed by atoms with E-state index in [0.717, 1.165) is 24.2 Å². The molecule has 0 radical (unpaired) electrons. The van der Waals surface area contributed by atoms with Crippen LogP contribution in [0.15, 0.2) is 12.0 Å². The molecule has 0 aliphatic carbocycles. The van der Waals surface area contributed by atoms with Gasteiger partial charge in [0.25, 0.3) is 0 Å². The van der Waals surface area contributed by atoms with Gasteiger partial charge in [0.15, 0.2) is 0 Å². The normalized spacial score (nSPS) is 14.8. The Morgan fingerprint density at radius 3 is 3.15 bits per heavy atom. The molecule has 2 rings (SSSR count). The van der Waals surface area contributed by atoms with Crippen LogP contribution < -0.4 is 5.32 Å². The summed E-state index contributed by atoms with van der Waals surface area (Å²) in [5.41, 5.74) is 2.19. The van der Waals surface area contributed by atoms with Gasteiger partial charge in [-0.2, -0.15) is 0 Å². The molecular formula is C10H13FN2. The standard InChI is InChI=1S/C10H13FN2/c1-2-3-7-5-12-10-9(7)4-8(11)6-13-10/h4-5,12-13H,2-3,6H2,1H3. The van der Waals surface area contributed by atoms with E-state index in [4.69, 9.17) is 0 Å². The first-order chi connectivity index (χ1) is 6.31. The molecule has 1 aromatic rings. The molecule has 0 spiro atoms. The fraction of sp³-hybridized carbons (Fsp3) is 0.400. The van der Waals surface area contributed by atoms with Crippen molar-refractivity contribution in [1.29, 1.82) is 0 Å². The maximum absolute atomic E-state index is 12.9. The molecule has 13 heavy (non-hydrogen) atoms. The Labute approximate surface area is 76.9 Å². The lowest BCUT2D eigenvalue weighted by Gasteiger charge is -2.10. The molecule has 0 aromatic carbocycles. The number of aryl methyl sites for hydroxylation is 1. The first kappa shape index (κ1) is 8.35. The van der Waals surface area contributed by atoms with Gasteiger partial charge in [0.05, 0.1) is 6.54 Å². The van der Waals surface area contributed by atoms with E-state index in [0.29, 0.717) is 6.54 Å². The quantitative estimate of drug-likeness (QED) is 0.719. The van der Waals surface area contributed by atoms with Crippen molar-refractivity contribution >= 4 is 11.9 Å². The molecule has 1 aliphatic rings. The van der Waals surface area contributed by atoms with Crippen molar-refractivity contribution in [2.45, 2.75) is 19.8 Å². The van der Waals surface area contributed by atoms with Crippen molar-refractivity contribution < 1.29 is 4.39 Å². The van der Waals surface area contributed by atoms with Crippen LogP contribution >= 0.6 is 0 Å². The summed E-state index contributed by atoms with van der Waals surface area (Å²) in [6, 6.07) is 0. The van der Waals surface area contributed by atoms with E-state index in [9.17, 15) is 4.39 Å². The molecule has 0 amide bonds. The molecule has 0 saturated carbocycles. The Hall–Kier alpha value is -1.25. The zero-order valence-electron chi connectivity index (χ0n) is 7.65. The summed E-state index contributed by atoms with van der Waals surface area (Å²) in [5, 5.41) is 2.99. The van der Waals surface area contributed by atoms with Crippen molar-refractivity contribution in [2.75, 3.05) is 11.9 Å². The monoisotopic (exact) mass is 180 g/mol. The zero-order chi connectivity index (χ0) is 9.26. The van der Waals surface area contributed by atoms with Crippen molar-refractivity contribution in [3.8, 4) is 0 Å². The number of fused-ring (bicyclic) bond motifs is 1. The van der Waals surface area contributed by atoms with Gasteiger partial charge in [-0.15, -0.1) is 0 Å². The van der Waals surface area contributed by atoms with Crippen molar-refractivity contribution in [2.24, 2.45) is 0 Å². The first-order valence-corrected chi connectivity index (χ1v) is 4.61. The van der Waals surface area contributed by atoms with Gasteiger partial charge in [0.1, 0.15) is 11.6 Å². The van der Waals surface area contributed by atoms with Gasteiger partial charge in [-0.1, -0.05) is 13.3 Å². The minimum Gasteiger partial charge on any atom is -0.365 e. The van der Waals surface area contributed by atoms with Crippen LogP contribution in [-0.4, -0.2) is 11.5 Å². The number of halogens is 1. The van der Waals surface area contributed by atoms with Gasteiger partial charge < -0.3 is 10.3 Å². The van der Waals surface area contributed by atoms with Gasteiger partial charge in [-0.25, -0.2) is 4.39 Å². The molecule has 1 aromatic heterocycles. The Bertz CT molecular complexity index is 339. The molecule has 1 aliphatic heterocycles. The molecule has 0 bridgehead atoms. The second-order valence-corrected chi connectivity index (χ2v) is 3.30. The fourth-order valence-electron chi connectivity index (χ4n) is 1.64. The summed E-state index contributed by atoms with van der Waals surface area (Å²) in [4.78, 5) is 3.11. The SMILES string of the molecule is CCCc1c[nH]c2c1C=C(F)CN2. The Morgan fingerprint density at radius 1 is 1.54 bits per heavy atom.